The Labute approximate surface area is 188 Å². The second kappa shape index (κ2) is 9.50. The molecule has 8 heteroatoms. The summed E-state index contributed by atoms with van der Waals surface area (Å²) in [6, 6.07) is 12.1. The van der Waals surface area contributed by atoms with Crippen molar-refractivity contribution in [1.82, 2.24) is 5.32 Å². The minimum atomic E-state index is -4.49. The molecule has 2 aromatic carbocycles. The van der Waals surface area contributed by atoms with Gasteiger partial charge in [0.15, 0.2) is 0 Å². The average Bonchev–Trinajstić information content (AvgIpc) is 3.40. The van der Waals surface area contributed by atoms with Crippen molar-refractivity contribution in [2.45, 2.75) is 50.9 Å². The molecule has 32 heavy (non-hydrogen) atoms. The first-order valence-corrected chi connectivity index (χ1v) is 11.4. The molecule has 2 N–H and O–H groups in total. The largest absolute Gasteiger partial charge is 0.490 e. The number of alkyl halides is 3. The van der Waals surface area contributed by atoms with Crippen LogP contribution in [0.15, 0.2) is 42.5 Å². The van der Waals surface area contributed by atoms with Crippen LogP contribution < -0.4 is 10.1 Å². The molecule has 170 valence electrons. The van der Waals surface area contributed by atoms with Gasteiger partial charge in [0.05, 0.1) is 18.1 Å². The minimum absolute atomic E-state index is 0.0485. The van der Waals surface area contributed by atoms with Gasteiger partial charge >= 0.3 is 12.1 Å². The summed E-state index contributed by atoms with van der Waals surface area (Å²) in [7, 11) is 0. The van der Waals surface area contributed by atoms with E-state index in [1.54, 1.807) is 6.07 Å². The van der Waals surface area contributed by atoms with Gasteiger partial charge in [-0.3, -0.25) is 4.79 Å². The van der Waals surface area contributed by atoms with Gasteiger partial charge in [-0.1, -0.05) is 6.07 Å². The molecule has 4 nitrogen and oxygen atoms in total. The summed E-state index contributed by atoms with van der Waals surface area (Å²) in [5.41, 5.74) is 0.768. The average molecular weight is 464 g/mol. The molecule has 1 aliphatic carbocycles. The highest BCUT2D eigenvalue weighted by atomic mass is 32.1. The second-order valence-electron chi connectivity index (χ2n) is 8.04. The van der Waals surface area contributed by atoms with Gasteiger partial charge in [-0.05, 0) is 78.6 Å². The fourth-order valence-corrected chi connectivity index (χ4v) is 5.01. The topological polar surface area (TPSA) is 58.6 Å². The zero-order valence-electron chi connectivity index (χ0n) is 17.4. The van der Waals surface area contributed by atoms with E-state index < -0.39 is 17.7 Å². The normalized spacial score (nSPS) is 14.8. The van der Waals surface area contributed by atoms with Crippen molar-refractivity contribution >= 4 is 27.4 Å². The molecule has 0 spiro atoms. The smallest absolute Gasteiger partial charge is 0.419 e. The highest BCUT2D eigenvalue weighted by molar-refractivity contribution is 7.22. The Morgan fingerprint density at radius 2 is 1.91 bits per heavy atom. The summed E-state index contributed by atoms with van der Waals surface area (Å²) in [4.78, 5) is 11.4. The van der Waals surface area contributed by atoms with E-state index in [9.17, 15) is 18.0 Å². The van der Waals surface area contributed by atoms with Crippen molar-refractivity contribution in [3.63, 3.8) is 0 Å². The van der Waals surface area contributed by atoms with Crippen molar-refractivity contribution in [3.05, 3.63) is 53.6 Å². The number of nitrogens with one attached hydrogen (secondary N) is 1. The molecule has 0 bridgehead atoms. The molecule has 0 radical (unpaired) electrons. The SMILES string of the molecule is O=C(O)CCNCc1ccc2sc(-c3ccc(OC4CCCC4)c(C(F)(F)F)c3)cc2c1. The monoisotopic (exact) mass is 463 g/mol. The lowest BCUT2D eigenvalue weighted by Crippen LogP contribution is -2.17. The van der Waals surface area contributed by atoms with Crippen LogP contribution in [0.2, 0.25) is 0 Å². The van der Waals surface area contributed by atoms with Gasteiger partial charge in [-0.15, -0.1) is 11.3 Å². The molecule has 0 amide bonds. The van der Waals surface area contributed by atoms with E-state index in [0.717, 1.165) is 46.2 Å². The molecule has 0 saturated heterocycles. The van der Waals surface area contributed by atoms with Gasteiger partial charge in [0.1, 0.15) is 5.75 Å². The number of ether oxygens (including phenoxy) is 1. The molecule has 1 aliphatic rings. The maximum atomic E-state index is 13.8. The van der Waals surface area contributed by atoms with E-state index in [4.69, 9.17) is 9.84 Å². The van der Waals surface area contributed by atoms with Crippen LogP contribution in [0, 0.1) is 0 Å². The van der Waals surface area contributed by atoms with E-state index in [0.29, 0.717) is 18.7 Å². The number of hydrogen-bond acceptors (Lipinski definition) is 4. The summed E-state index contributed by atoms with van der Waals surface area (Å²) in [6.07, 6.45) is -1.02. The first-order valence-electron chi connectivity index (χ1n) is 10.6. The second-order valence-corrected chi connectivity index (χ2v) is 9.12. The summed E-state index contributed by atoms with van der Waals surface area (Å²) in [5, 5.41) is 12.7. The fraction of sp³-hybridized carbons (Fsp3) is 0.375. The number of carboxylic acids is 1. The number of aliphatic carboxylic acids is 1. The molecular weight excluding hydrogens is 439 g/mol. The first kappa shape index (κ1) is 22.6. The van der Waals surface area contributed by atoms with Gasteiger partial charge in [0.25, 0.3) is 0 Å². The zero-order chi connectivity index (χ0) is 22.7. The maximum Gasteiger partial charge on any atom is 0.419 e. The highest BCUT2D eigenvalue weighted by Crippen LogP contribution is 2.42. The molecule has 1 saturated carbocycles. The van der Waals surface area contributed by atoms with Crippen LogP contribution in [0.25, 0.3) is 20.5 Å². The van der Waals surface area contributed by atoms with Crippen LogP contribution in [0.3, 0.4) is 0 Å². The predicted molar refractivity (Wildman–Crippen MR) is 119 cm³/mol. The van der Waals surface area contributed by atoms with E-state index in [2.05, 4.69) is 5.32 Å². The molecule has 1 aromatic heterocycles. The number of halogens is 3. The summed E-state index contributed by atoms with van der Waals surface area (Å²) in [5.74, 6) is -0.947. The number of carbonyl (C=O) groups is 1. The van der Waals surface area contributed by atoms with Gasteiger partial charge in [-0.2, -0.15) is 13.2 Å². The van der Waals surface area contributed by atoms with Crippen molar-refractivity contribution < 1.29 is 27.8 Å². The molecule has 4 rings (SSSR count). The predicted octanol–water partition coefficient (Wildman–Crippen LogP) is 6.47. The van der Waals surface area contributed by atoms with Crippen molar-refractivity contribution in [2.75, 3.05) is 6.54 Å². The van der Waals surface area contributed by atoms with Crippen LogP contribution in [0.5, 0.6) is 5.75 Å². The number of rotatable bonds is 8. The maximum absolute atomic E-state index is 13.8. The van der Waals surface area contributed by atoms with E-state index in [-0.39, 0.29) is 18.3 Å². The molecular formula is C24H24F3NO3S. The molecule has 0 unspecified atom stereocenters. The molecule has 1 heterocycles. The number of benzene rings is 2. The standard InChI is InChI=1S/C24H24F3NO3S/c25-24(26,27)19-12-16(6-7-20(19)31-18-3-1-2-4-18)22-13-17-11-15(5-8-21(17)32-22)14-28-10-9-23(29)30/h5-8,11-13,18,28H,1-4,9-10,14H2,(H,29,30). The lowest BCUT2D eigenvalue weighted by Gasteiger charge is -2.18. The van der Waals surface area contributed by atoms with E-state index in [1.807, 2.05) is 24.3 Å². The van der Waals surface area contributed by atoms with Crippen LogP contribution in [0.4, 0.5) is 13.2 Å². The van der Waals surface area contributed by atoms with E-state index in [1.165, 1.54) is 23.5 Å². The molecule has 0 aliphatic heterocycles. The Balaban J connectivity index is 1.56. The number of fused-ring (bicyclic) bond motifs is 1. The van der Waals surface area contributed by atoms with Crippen LogP contribution >= 0.6 is 11.3 Å². The van der Waals surface area contributed by atoms with Crippen LogP contribution in [0.1, 0.15) is 43.2 Å². The van der Waals surface area contributed by atoms with Crippen molar-refractivity contribution in [1.29, 1.82) is 0 Å². The highest BCUT2D eigenvalue weighted by Gasteiger charge is 2.35. The zero-order valence-corrected chi connectivity index (χ0v) is 18.2. The molecule has 0 atom stereocenters. The quantitative estimate of drug-likeness (QED) is 0.376. The lowest BCUT2D eigenvalue weighted by atomic mass is 10.1. The Morgan fingerprint density at radius 1 is 1.12 bits per heavy atom. The molecule has 3 aromatic rings. The van der Waals surface area contributed by atoms with Gasteiger partial charge in [0.2, 0.25) is 0 Å². The number of thiophene rings is 1. The van der Waals surface area contributed by atoms with Crippen LogP contribution in [-0.4, -0.2) is 23.7 Å². The van der Waals surface area contributed by atoms with Gasteiger partial charge in [0, 0.05) is 22.7 Å². The van der Waals surface area contributed by atoms with Crippen LogP contribution in [-0.2, 0) is 17.5 Å². The van der Waals surface area contributed by atoms with E-state index >= 15 is 0 Å². The van der Waals surface area contributed by atoms with Gasteiger partial charge in [-0.25, -0.2) is 0 Å². The minimum Gasteiger partial charge on any atom is -0.490 e. The van der Waals surface area contributed by atoms with Gasteiger partial charge < -0.3 is 15.2 Å². The third-order valence-corrected chi connectivity index (χ3v) is 6.76. The third kappa shape index (κ3) is 5.42. The summed E-state index contributed by atoms with van der Waals surface area (Å²) >= 11 is 1.44. The fourth-order valence-electron chi connectivity index (χ4n) is 3.97. The third-order valence-electron chi connectivity index (χ3n) is 5.59. The number of hydrogen-bond donors (Lipinski definition) is 2. The Bertz CT molecular complexity index is 1100. The molecule has 1 fully saturated rings. The Hall–Kier alpha value is -2.58. The Morgan fingerprint density at radius 3 is 2.62 bits per heavy atom. The summed E-state index contributed by atoms with van der Waals surface area (Å²) < 4.78 is 47.9. The summed E-state index contributed by atoms with van der Waals surface area (Å²) in [6.45, 7) is 0.900. The first-order chi connectivity index (χ1) is 15.3. The van der Waals surface area contributed by atoms with Crippen molar-refractivity contribution in [2.24, 2.45) is 0 Å². The Kier molecular flexibility index (Phi) is 6.71. The number of carboxylic acid groups (broad SMARTS) is 1. The van der Waals surface area contributed by atoms with Crippen molar-refractivity contribution in [3.8, 4) is 16.2 Å². The lowest BCUT2D eigenvalue weighted by molar-refractivity contribution is -0.139.